The molecule has 15 nitrogen and oxygen atoms in total. The molecule has 0 aromatic carbocycles. The Morgan fingerprint density at radius 2 is 1.27 bits per heavy atom. The molecule has 9 atom stereocenters. The van der Waals surface area contributed by atoms with E-state index in [2.05, 4.69) is 0 Å². The van der Waals surface area contributed by atoms with Crippen LogP contribution in [0, 0.1) is 17.3 Å². The van der Waals surface area contributed by atoms with Gasteiger partial charge in [0.25, 0.3) is 0 Å². The van der Waals surface area contributed by atoms with Gasteiger partial charge in [-0.1, -0.05) is 6.92 Å². The van der Waals surface area contributed by atoms with Crippen LogP contribution in [0.4, 0.5) is 0 Å². The molecule has 2 aromatic rings. The second kappa shape index (κ2) is 12.7. The highest BCUT2D eigenvalue weighted by atomic mass is 16.6. The van der Waals surface area contributed by atoms with Crippen molar-refractivity contribution in [3.05, 3.63) is 48.3 Å². The quantitative estimate of drug-likeness (QED) is 0.278. The number of carbonyl (C=O) groups is 6. The Labute approximate surface area is 275 Å². The number of carbonyl (C=O) groups excluding carboxylic acids is 6. The molecule has 1 spiro atoms. The van der Waals surface area contributed by atoms with Gasteiger partial charge in [0.1, 0.15) is 48.5 Å². The van der Waals surface area contributed by atoms with Gasteiger partial charge in [0, 0.05) is 27.7 Å². The van der Waals surface area contributed by atoms with Crippen molar-refractivity contribution in [1.29, 1.82) is 0 Å². The average molecular weight is 675 g/mol. The molecule has 3 aliphatic rings. The third-order valence-corrected chi connectivity index (χ3v) is 9.44. The normalized spacial score (nSPS) is 33.0. The molecular formula is C33H38O15. The molecule has 260 valence electrons. The fourth-order valence-electron chi connectivity index (χ4n) is 7.99. The number of esters is 6. The molecule has 0 amide bonds. The van der Waals surface area contributed by atoms with Gasteiger partial charge in [-0.2, -0.15) is 0 Å². The number of rotatable bonds is 9. The largest absolute Gasteiger partial charge is 0.472 e. The summed E-state index contributed by atoms with van der Waals surface area (Å²) in [5.74, 6) is -6.65. The minimum Gasteiger partial charge on any atom is -0.472 e. The first kappa shape index (κ1) is 34.7. The molecule has 2 aromatic heterocycles. The van der Waals surface area contributed by atoms with Gasteiger partial charge in [0.2, 0.25) is 0 Å². The van der Waals surface area contributed by atoms with Crippen LogP contribution < -0.4 is 0 Å². The van der Waals surface area contributed by atoms with E-state index < -0.39 is 101 Å². The lowest BCUT2D eigenvalue weighted by Crippen LogP contribution is -2.81. The first-order valence-electron chi connectivity index (χ1n) is 15.4. The van der Waals surface area contributed by atoms with Crippen LogP contribution in [0.5, 0.6) is 0 Å². The van der Waals surface area contributed by atoms with Crippen molar-refractivity contribution in [2.45, 2.75) is 96.6 Å². The maximum atomic E-state index is 13.8. The van der Waals surface area contributed by atoms with Crippen molar-refractivity contribution in [3.63, 3.8) is 0 Å². The Bertz CT molecular complexity index is 1560. The fraction of sp³-hybridized carbons (Fsp3) is 0.576. The number of hydrogen-bond acceptors (Lipinski definition) is 15. The van der Waals surface area contributed by atoms with Crippen molar-refractivity contribution in [1.82, 2.24) is 0 Å². The monoisotopic (exact) mass is 674 g/mol. The Kier molecular flexibility index (Phi) is 9.21. The van der Waals surface area contributed by atoms with Crippen LogP contribution >= 0.6 is 0 Å². The van der Waals surface area contributed by atoms with Gasteiger partial charge in [-0.15, -0.1) is 0 Å². The van der Waals surface area contributed by atoms with Gasteiger partial charge >= 0.3 is 35.8 Å². The Balaban J connectivity index is 1.86. The zero-order chi connectivity index (χ0) is 35.2. The van der Waals surface area contributed by atoms with Gasteiger partial charge < -0.3 is 42.0 Å². The van der Waals surface area contributed by atoms with Crippen LogP contribution in [0.1, 0.15) is 75.6 Å². The molecule has 5 rings (SSSR count). The molecule has 1 aliphatic heterocycles. The van der Waals surface area contributed by atoms with Crippen LogP contribution in [0.15, 0.2) is 46.0 Å². The van der Waals surface area contributed by atoms with E-state index in [0.717, 1.165) is 33.3 Å². The van der Waals surface area contributed by atoms with Gasteiger partial charge in [-0.25, -0.2) is 9.59 Å². The highest BCUT2D eigenvalue weighted by Crippen LogP contribution is 2.68. The highest BCUT2D eigenvalue weighted by molar-refractivity contribution is 5.90. The molecule has 2 saturated carbocycles. The summed E-state index contributed by atoms with van der Waals surface area (Å²) >= 11 is 0. The maximum absolute atomic E-state index is 13.8. The summed E-state index contributed by atoms with van der Waals surface area (Å²) in [4.78, 5) is 78.3. The van der Waals surface area contributed by atoms with Crippen LogP contribution in [-0.4, -0.2) is 84.1 Å². The Hall–Kier alpha value is -4.66. The fourth-order valence-corrected chi connectivity index (χ4v) is 7.99. The summed E-state index contributed by atoms with van der Waals surface area (Å²) in [6, 6.07) is 2.70. The Morgan fingerprint density at radius 1 is 0.729 bits per heavy atom. The second-order valence-electron chi connectivity index (χ2n) is 12.9. The second-order valence-corrected chi connectivity index (χ2v) is 12.9. The van der Waals surface area contributed by atoms with Crippen LogP contribution in [0.25, 0.3) is 0 Å². The maximum Gasteiger partial charge on any atom is 0.341 e. The lowest BCUT2D eigenvalue weighted by atomic mass is 9.47. The Morgan fingerprint density at radius 3 is 1.77 bits per heavy atom. The third kappa shape index (κ3) is 5.73. The molecular weight excluding hydrogens is 636 g/mol. The molecule has 48 heavy (non-hydrogen) atoms. The van der Waals surface area contributed by atoms with E-state index in [0.29, 0.717) is 0 Å². The molecule has 2 bridgehead atoms. The van der Waals surface area contributed by atoms with Crippen molar-refractivity contribution in [3.8, 4) is 0 Å². The zero-order valence-corrected chi connectivity index (χ0v) is 27.5. The zero-order valence-electron chi connectivity index (χ0n) is 27.5. The van der Waals surface area contributed by atoms with E-state index >= 15 is 0 Å². The number of fused-ring (bicyclic) bond motifs is 1. The van der Waals surface area contributed by atoms with Crippen molar-refractivity contribution in [2.24, 2.45) is 17.3 Å². The van der Waals surface area contributed by atoms with Crippen molar-refractivity contribution in [2.75, 3.05) is 6.61 Å². The topological polar surface area (TPSA) is 193 Å². The van der Waals surface area contributed by atoms with Gasteiger partial charge in [-0.05, 0) is 38.3 Å². The summed E-state index contributed by atoms with van der Waals surface area (Å²) in [5.41, 5.74) is -5.13. The smallest absolute Gasteiger partial charge is 0.341 e. The van der Waals surface area contributed by atoms with E-state index in [4.69, 9.17) is 42.0 Å². The molecule has 0 radical (unpaired) electrons. The van der Waals surface area contributed by atoms with Crippen LogP contribution in [0.3, 0.4) is 0 Å². The molecule has 3 fully saturated rings. The number of ether oxygens (including phenoxy) is 7. The predicted molar refractivity (Wildman–Crippen MR) is 157 cm³/mol. The highest BCUT2D eigenvalue weighted by Gasteiger charge is 2.85. The van der Waals surface area contributed by atoms with E-state index in [9.17, 15) is 28.8 Å². The first-order chi connectivity index (χ1) is 22.5. The van der Waals surface area contributed by atoms with E-state index in [-0.39, 0.29) is 17.5 Å². The van der Waals surface area contributed by atoms with E-state index in [1.165, 1.54) is 31.6 Å². The molecule has 0 N–H and O–H groups in total. The molecule has 3 heterocycles. The van der Waals surface area contributed by atoms with E-state index in [1.807, 2.05) is 0 Å². The summed E-state index contributed by atoms with van der Waals surface area (Å²) < 4.78 is 53.0. The van der Waals surface area contributed by atoms with Gasteiger partial charge in [-0.3, -0.25) is 19.2 Å². The minimum atomic E-state index is -2.05. The predicted octanol–water partition coefficient (Wildman–Crippen LogP) is 3.19. The molecule has 15 heteroatoms. The van der Waals surface area contributed by atoms with Crippen LogP contribution in [0.2, 0.25) is 0 Å². The molecule has 0 unspecified atom stereocenters. The van der Waals surface area contributed by atoms with Crippen molar-refractivity contribution >= 4 is 35.8 Å². The van der Waals surface area contributed by atoms with Gasteiger partial charge in [0.05, 0.1) is 35.2 Å². The van der Waals surface area contributed by atoms with Crippen molar-refractivity contribution < 1.29 is 70.8 Å². The summed E-state index contributed by atoms with van der Waals surface area (Å²) in [6.07, 6.45) is -2.42. The minimum absolute atomic E-state index is 0.00730. The lowest BCUT2D eigenvalue weighted by molar-refractivity contribution is -0.328. The average Bonchev–Trinajstić information content (AvgIpc) is 3.74. The molecule has 2 aliphatic carbocycles. The number of furan rings is 2. The lowest BCUT2D eigenvalue weighted by Gasteiger charge is -2.64. The third-order valence-electron chi connectivity index (χ3n) is 9.44. The van der Waals surface area contributed by atoms with Gasteiger partial charge in [0.15, 0.2) is 12.2 Å². The standard InChI is InChI=1S/C33H38O15/c1-16-12-23(43-18(3)35)26(44-19(4)36)32(15-42-17(2)34)28(47-30(39)22-9-11-41-14-22)25(46-29(38)21-8-10-40-13-21)24-27(45-20(5)37)33(16,32)48-31(24,6)7/h8-11,13-14,16,23-28H,12,15H2,1-7H3/t16-,23+,24-,25+,26+,27-,28-,32+,33-/m1/s1. The SMILES string of the molecule is CC(=O)OC[C@]12[C@H](OC(=O)c3ccoc3)[C@@H](OC(=O)c3ccoc3)[C@@H]3[C@@H](OC(C)=O)[C@]1(OC3(C)C)[C@H](C)C[C@H](OC(C)=O)[C@@H]2OC(C)=O. The summed E-state index contributed by atoms with van der Waals surface area (Å²) in [5, 5.41) is 0. The number of hydrogen-bond donors (Lipinski definition) is 0. The van der Waals surface area contributed by atoms with E-state index in [1.54, 1.807) is 20.8 Å². The van der Waals surface area contributed by atoms with Crippen LogP contribution in [-0.2, 0) is 52.3 Å². The molecule has 1 saturated heterocycles. The summed E-state index contributed by atoms with van der Waals surface area (Å²) in [6.45, 7) is 9.03. The first-order valence-corrected chi connectivity index (χ1v) is 15.4. The summed E-state index contributed by atoms with van der Waals surface area (Å²) in [7, 11) is 0.